The van der Waals surface area contributed by atoms with Gasteiger partial charge >= 0.3 is 11.9 Å². The lowest BCUT2D eigenvalue weighted by Gasteiger charge is -2.23. The van der Waals surface area contributed by atoms with Gasteiger partial charge in [0.1, 0.15) is 17.6 Å². The Morgan fingerprint density at radius 1 is 0.926 bits per heavy atom. The minimum Gasteiger partial charge on any atom is -0.481 e. The number of aliphatic carboxylic acids is 2. The number of benzene rings is 1. The Morgan fingerprint density at radius 2 is 1.44 bits per heavy atom. The molecule has 27 heavy (non-hydrogen) atoms. The second-order valence-corrected chi connectivity index (χ2v) is 5.88. The van der Waals surface area contributed by atoms with E-state index in [-0.39, 0.29) is 31.0 Å². The predicted molar refractivity (Wildman–Crippen MR) is 98.3 cm³/mol. The Labute approximate surface area is 157 Å². The van der Waals surface area contributed by atoms with Crippen LogP contribution >= 0.6 is 0 Å². The monoisotopic (exact) mass is 379 g/mol. The lowest BCUT2D eigenvalue weighted by atomic mass is 9.77. The molecule has 0 atom stereocenters. The third-order valence-corrected chi connectivity index (χ3v) is 3.93. The van der Waals surface area contributed by atoms with Crippen LogP contribution in [-0.2, 0) is 24.0 Å². The van der Waals surface area contributed by atoms with Gasteiger partial charge in [0, 0.05) is 5.69 Å². The first-order chi connectivity index (χ1) is 12.6. The summed E-state index contributed by atoms with van der Waals surface area (Å²) in [4.78, 5) is 54.3. The number of nitrogens with one attached hydrogen (secondary N) is 1. The molecule has 1 aromatic rings. The topological polar surface area (TPSA) is 138 Å². The van der Waals surface area contributed by atoms with Gasteiger partial charge in [-0.1, -0.05) is 32.0 Å². The molecule has 1 amide bonds. The molecule has 0 aliphatic rings. The lowest BCUT2D eigenvalue weighted by molar-refractivity contribution is -0.157. The predicted octanol–water partition coefficient (Wildman–Crippen LogP) is 2.53. The second-order valence-electron chi connectivity index (χ2n) is 5.88. The van der Waals surface area contributed by atoms with Crippen molar-refractivity contribution in [2.24, 2.45) is 5.41 Å². The molecule has 0 aliphatic heterocycles. The number of ketones is 2. The van der Waals surface area contributed by atoms with Crippen molar-refractivity contribution in [3.63, 3.8) is 0 Å². The van der Waals surface area contributed by atoms with E-state index in [4.69, 9.17) is 10.2 Å². The quantitative estimate of drug-likeness (QED) is 0.560. The van der Waals surface area contributed by atoms with Crippen molar-refractivity contribution in [2.75, 3.05) is 5.32 Å². The van der Waals surface area contributed by atoms with Gasteiger partial charge in [-0.05, 0) is 31.9 Å². The fourth-order valence-electron chi connectivity index (χ4n) is 2.33. The third-order valence-electron chi connectivity index (χ3n) is 3.93. The van der Waals surface area contributed by atoms with Gasteiger partial charge in [0.05, 0.1) is 6.42 Å². The van der Waals surface area contributed by atoms with Gasteiger partial charge in [0.2, 0.25) is 5.91 Å². The SMILES string of the molecule is CC(=O)CC(=O)Nc1ccccc1.CCC(CC)(C(=O)O)C(=O)CC(=O)O. The molecule has 8 heteroatoms. The van der Waals surface area contributed by atoms with E-state index < -0.39 is 29.6 Å². The highest BCUT2D eigenvalue weighted by Gasteiger charge is 2.42. The largest absolute Gasteiger partial charge is 0.481 e. The molecule has 1 aromatic carbocycles. The van der Waals surface area contributed by atoms with Crippen LogP contribution in [0.1, 0.15) is 46.5 Å². The standard InChI is InChI=1S/C10H11NO2.C9H14O5/c1-8(12)7-10(13)11-9-5-3-2-4-6-9;1-3-9(4-2,8(13)14)6(10)5-7(11)12/h2-6H,7H2,1H3,(H,11,13);3-5H2,1-2H3,(H,11,12)(H,13,14). The normalized spacial score (nSPS) is 10.2. The van der Waals surface area contributed by atoms with Gasteiger partial charge in [0.25, 0.3) is 0 Å². The molecule has 0 saturated heterocycles. The molecule has 0 aromatic heterocycles. The zero-order valence-electron chi connectivity index (χ0n) is 15.7. The molecule has 0 spiro atoms. The number of Topliss-reactive ketones (excluding diaryl/α,β-unsaturated/α-hetero) is 2. The first-order valence-electron chi connectivity index (χ1n) is 8.41. The molecule has 0 aliphatic carbocycles. The van der Waals surface area contributed by atoms with E-state index >= 15 is 0 Å². The molecule has 0 radical (unpaired) electrons. The number of amides is 1. The van der Waals surface area contributed by atoms with Crippen LogP contribution in [0.4, 0.5) is 5.69 Å². The molecular weight excluding hydrogens is 354 g/mol. The van der Waals surface area contributed by atoms with Crippen molar-refractivity contribution < 1.29 is 34.2 Å². The second kappa shape index (κ2) is 11.6. The summed E-state index contributed by atoms with van der Waals surface area (Å²) in [5.41, 5.74) is -0.813. The molecule has 0 bridgehead atoms. The van der Waals surface area contributed by atoms with Crippen molar-refractivity contribution >= 4 is 35.1 Å². The van der Waals surface area contributed by atoms with Crippen LogP contribution in [0.3, 0.4) is 0 Å². The van der Waals surface area contributed by atoms with Crippen molar-refractivity contribution in [2.45, 2.75) is 46.5 Å². The highest BCUT2D eigenvalue weighted by molar-refractivity contribution is 6.08. The van der Waals surface area contributed by atoms with E-state index in [0.717, 1.165) is 0 Å². The van der Waals surface area contributed by atoms with Crippen LogP contribution in [-0.4, -0.2) is 39.6 Å². The minimum absolute atomic E-state index is 0.0606. The zero-order chi connectivity index (χ0) is 21.0. The van der Waals surface area contributed by atoms with E-state index in [1.54, 1.807) is 26.0 Å². The molecule has 0 unspecified atom stereocenters. The first kappa shape index (κ1) is 24.0. The van der Waals surface area contributed by atoms with Gasteiger partial charge in [-0.3, -0.25) is 24.0 Å². The first-order valence-corrected chi connectivity index (χ1v) is 8.41. The molecule has 0 fully saturated rings. The number of hydrogen-bond donors (Lipinski definition) is 3. The Kier molecular flexibility index (Phi) is 10.3. The van der Waals surface area contributed by atoms with Crippen molar-refractivity contribution in [3.8, 4) is 0 Å². The van der Waals surface area contributed by atoms with Gasteiger partial charge in [-0.25, -0.2) is 0 Å². The zero-order valence-corrected chi connectivity index (χ0v) is 15.7. The average molecular weight is 379 g/mol. The molecule has 1 rings (SSSR count). The Bertz CT molecular complexity index is 679. The van der Waals surface area contributed by atoms with Gasteiger partial charge in [-0.15, -0.1) is 0 Å². The van der Waals surface area contributed by atoms with E-state index in [1.165, 1.54) is 6.92 Å². The van der Waals surface area contributed by atoms with Crippen LogP contribution in [0.5, 0.6) is 0 Å². The highest BCUT2D eigenvalue weighted by Crippen LogP contribution is 2.29. The molecule has 148 valence electrons. The summed E-state index contributed by atoms with van der Waals surface area (Å²) >= 11 is 0. The summed E-state index contributed by atoms with van der Waals surface area (Å²) in [6.45, 7) is 4.53. The Balaban J connectivity index is 0.000000501. The van der Waals surface area contributed by atoms with Crippen LogP contribution in [0, 0.1) is 5.41 Å². The summed E-state index contributed by atoms with van der Waals surface area (Å²) in [5.74, 6) is -3.66. The maximum absolute atomic E-state index is 11.4. The van der Waals surface area contributed by atoms with Crippen molar-refractivity contribution in [1.82, 2.24) is 0 Å². The van der Waals surface area contributed by atoms with E-state index in [0.29, 0.717) is 5.69 Å². The number of rotatable bonds is 9. The van der Waals surface area contributed by atoms with Gasteiger partial charge in [0.15, 0.2) is 5.78 Å². The Hall–Kier alpha value is -3.03. The number of carboxylic acids is 2. The number of para-hydroxylation sites is 1. The number of hydrogen-bond acceptors (Lipinski definition) is 5. The summed E-state index contributed by atoms with van der Waals surface area (Å²) < 4.78 is 0. The van der Waals surface area contributed by atoms with Gasteiger partial charge in [-0.2, -0.15) is 0 Å². The summed E-state index contributed by atoms with van der Waals surface area (Å²) in [5, 5.41) is 19.9. The van der Waals surface area contributed by atoms with Crippen molar-refractivity contribution in [3.05, 3.63) is 30.3 Å². The Morgan fingerprint density at radius 3 is 1.81 bits per heavy atom. The van der Waals surface area contributed by atoms with Gasteiger partial charge < -0.3 is 15.5 Å². The summed E-state index contributed by atoms with van der Waals surface area (Å²) in [6, 6.07) is 9.06. The molecule has 8 nitrogen and oxygen atoms in total. The molecular formula is C19H25NO7. The summed E-state index contributed by atoms with van der Waals surface area (Å²) in [7, 11) is 0. The van der Waals surface area contributed by atoms with Crippen LogP contribution in [0.15, 0.2) is 30.3 Å². The molecule has 0 saturated carbocycles. The number of anilines is 1. The summed E-state index contributed by atoms with van der Waals surface area (Å²) in [6.07, 6.45) is -0.557. The van der Waals surface area contributed by atoms with E-state index in [9.17, 15) is 24.0 Å². The average Bonchev–Trinajstić information content (AvgIpc) is 2.56. The minimum atomic E-state index is -1.53. The van der Waals surface area contributed by atoms with E-state index in [2.05, 4.69) is 5.32 Å². The fraction of sp³-hybridized carbons (Fsp3) is 0.421. The molecule has 3 N–H and O–H groups in total. The number of carboxylic acid groups (broad SMARTS) is 2. The van der Waals surface area contributed by atoms with Crippen molar-refractivity contribution in [1.29, 1.82) is 0 Å². The number of carbonyl (C=O) groups is 5. The smallest absolute Gasteiger partial charge is 0.317 e. The molecule has 0 heterocycles. The number of carbonyl (C=O) groups excluding carboxylic acids is 3. The fourth-order valence-corrected chi connectivity index (χ4v) is 2.33. The van der Waals surface area contributed by atoms with Crippen LogP contribution in [0.25, 0.3) is 0 Å². The highest BCUT2D eigenvalue weighted by atomic mass is 16.4. The van der Waals surface area contributed by atoms with Crippen LogP contribution in [0.2, 0.25) is 0 Å². The maximum atomic E-state index is 11.4. The third kappa shape index (κ3) is 8.26. The van der Waals surface area contributed by atoms with Crippen LogP contribution < -0.4 is 5.32 Å². The lowest BCUT2D eigenvalue weighted by Crippen LogP contribution is -2.39. The maximum Gasteiger partial charge on any atom is 0.317 e. The van der Waals surface area contributed by atoms with E-state index in [1.807, 2.05) is 18.2 Å².